The van der Waals surface area contributed by atoms with Crippen LogP contribution in [0.25, 0.3) is 21.5 Å². The molecule has 0 saturated carbocycles. The van der Waals surface area contributed by atoms with Gasteiger partial charge in [0.15, 0.2) is 0 Å². The normalized spacial score (nSPS) is 10.1. The zero-order valence-electron chi connectivity index (χ0n) is 23.3. The van der Waals surface area contributed by atoms with Crippen LogP contribution in [0, 0.1) is 0 Å². The quantitative estimate of drug-likeness (QED) is 0.124. The van der Waals surface area contributed by atoms with Crippen LogP contribution in [-0.2, 0) is 0 Å². The zero-order valence-corrected chi connectivity index (χ0v) is 26.1. The minimum atomic E-state index is -1.13. The van der Waals surface area contributed by atoms with Crippen molar-refractivity contribution in [1.82, 2.24) is 0 Å². The van der Waals surface area contributed by atoms with Crippen molar-refractivity contribution in [3.8, 4) is 0 Å². The van der Waals surface area contributed by atoms with Crippen LogP contribution >= 0.6 is 0 Å². The van der Waals surface area contributed by atoms with Gasteiger partial charge in [-0.15, -0.1) is 0 Å². The Kier molecular flexibility index (Phi) is 16.0. The molecule has 0 amide bonds. The number of unbranched alkanes of at least 4 members (excludes halogenated alkanes) is 6. The molecule has 0 unspecified atom stereocenters. The minimum Gasteiger partial charge on any atom is -0.545 e. The smallest absolute Gasteiger partial charge is 0.0721 e. The van der Waals surface area contributed by atoms with Crippen LogP contribution < -0.4 is 10.2 Å². The maximum atomic E-state index is 10.7. The molecule has 0 aliphatic heterocycles. The van der Waals surface area contributed by atoms with Gasteiger partial charge >= 0.3 is 95.2 Å². The Morgan fingerprint density at radius 1 is 0.538 bits per heavy atom. The Bertz CT molecular complexity index is 1170. The minimum absolute atomic E-state index is 0.104. The summed E-state index contributed by atoms with van der Waals surface area (Å²) < 4.78 is 3.30. The first-order chi connectivity index (χ1) is 19.0. The number of fused-ring (bicyclic) bond motifs is 2. The Balaban J connectivity index is 0.000000205. The Hall–Kier alpha value is -2.86. The number of carboxylic acids is 2. The second-order valence-corrected chi connectivity index (χ2v) is 13.8. The van der Waals surface area contributed by atoms with E-state index in [1.807, 2.05) is 48.5 Å². The van der Waals surface area contributed by atoms with Crippen molar-refractivity contribution in [2.24, 2.45) is 0 Å². The van der Waals surface area contributed by atoms with Crippen LogP contribution in [0.5, 0.6) is 0 Å². The van der Waals surface area contributed by atoms with Crippen molar-refractivity contribution >= 4 is 54.6 Å². The summed E-state index contributed by atoms with van der Waals surface area (Å²) in [4.78, 5) is 21.4. The molecule has 39 heavy (non-hydrogen) atoms. The van der Waals surface area contributed by atoms with E-state index in [1.54, 1.807) is 58.1 Å². The van der Waals surface area contributed by atoms with E-state index in [1.165, 1.54) is 38.5 Å². The molecule has 0 heterocycles. The summed E-state index contributed by atoms with van der Waals surface area (Å²) in [5.74, 6) is -2.26. The van der Waals surface area contributed by atoms with Gasteiger partial charge < -0.3 is 19.8 Å². The molecule has 4 rings (SSSR count). The fourth-order valence-electron chi connectivity index (χ4n) is 4.29. The van der Waals surface area contributed by atoms with Crippen molar-refractivity contribution in [2.45, 2.75) is 74.1 Å². The van der Waals surface area contributed by atoms with Crippen LogP contribution in [0.15, 0.2) is 84.9 Å². The average molecular weight is 631 g/mol. The fourth-order valence-corrected chi connectivity index (χ4v) is 7.85. The third-order valence-corrected chi connectivity index (χ3v) is 10.5. The first-order valence-corrected chi connectivity index (χ1v) is 18.1. The molecule has 0 fully saturated rings. The molecule has 0 aromatic heterocycles. The number of benzene rings is 4. The van der Waals surface area contributed by atoms with Crippen molar-refractivity contribution in [3.63, 3.8) is 0 Å². The maximum absolute atomic E-state index is 10.7. The maximum Gasteiger partial charge on any atom is 0.0721 e. The number of carboxylic acid groups (broad SMARTS) is 2. The van der Waals surface area contributed by atoms with Gasteiger partial charge in [0.2, 0.25) is 0 Å². The van der Waals surface area contributed by atoms with E-state index in [-0.39, 0.29) is 32.3 Å². The van der Waals surface area contributed by atoms with Crippen LogP contribution in [0.1, 0.15) is 85.9 Å². The molecule has 0 aliphatic carbocycles. The summed E-state index contributed by atoms with van der Waals surface area (Å²) in [5.41, 5.74) is 0.496. The predicted molar refractivity (Wildman–Crippen MR) is 160 cm³/mol. The predicted octanol–water partition coefficient (Wildman–Crippen LogP) is 7.09. The summed E-state index contributed by atoms with van der Waals surface area (Å²) in [6, 6.07) is 25.0. The van der Waals surface area contributed by atoms with Gasteiger partial charge in [-0.05, 0) is 21.5 Å². The van der Waals surface area contributed by atoms with E-state index in [2.05, 4.69) is 13.8 Å². The standard InChI is InChI=1S/2C11H8O2.2C6H13.Sn/c2*12-11(13)10-7-3-5-8-4-1-2-6-9(8)10;2*1-3-5-6-4-2;/h2*1-7H,(H,12,13);2*1,3-6H2,2H3;/q;;;;+2/p-2. The molecular weight excluding hydrogens is 591 g/mol. The molecule has 0 atom stereocenters. The van der Waals surface area contributed by atoms with E-state index >= 15 is 0 Å². The second kappa shape index (κ2) is 19.2. The zero-order chi connectivity index (χ0) is 28.3. The van der Waals surface area contributed by atoms with Gasteiger partial charge in [-0.2, -0.15) is 0 Å². The van der Waals surface area contributed by atoms with Crippen LogP contribution in [-0.4, -0.2) is 33.1 Å². The topological polar surface area (TPSA) is 80.3 Å². The van der Waals surface area contributed by atoms with Crippen molar-refractivity contribution < 1.29 is 19.8 Å². The molecule has 0 radical (unpaired) electrons. The summed E-state index contributed by atoms with van der Waals surface area (Å²) in [6.07, 6.45) is 11.8. The summed E-state index contributed by atoms with van der Waals surface area (Å²) in [6.45, 7) is 4.59. The van der Waals surface area contributed by atoms with E-state index in [0.29, 0.717) is 0 Å². The van der Waals surface area contributed by atoms with Crippen molar-refractivity contribution in [1.29, 1.82) is 0 Å². The number of carbonyl (C=O) groups excluding carboxylic acids is 2. The third kappa shape index (κ3) is 11.8. The van der Waals surface area contributed by atoms with Gasteiger partial charge in [-0.3, -0.25) is 0 Å². The number of rotatable bonds is 12. The van der Waals surface area contributed by atoms with Crippen LogP contribution in [0.2, 0.25) is 8.87 Å². The molecule has 0 spiro atoms. The fraction of sp³-hybridized carbons (Fsp3) is 0.353. The third-order valence-electron chi connectivity index (χ3n) is 6.43. The summed E-state index contributed by atoms with van der Waals surface area (Å²) in [7, 11) is 0. The summed E-state index contributed by atoms with van der Waals surface area (Å²) >= 11 is 0.104. The molecule has 4 aromatic carbocycles. The van der Waals surface area contributed by atoms with Gasteiger partial charge in [0.1, 0.15) is 0 Å². The molecule has 4 nitrogen and oxygen atoms in total. The molecule has 0 N–H and O–H groups in total. The van der Waals surface area contributed by atoms with Crippen molar-refractivity contribution in [3.05, 3.63) is 96.1 Å². The number of carbonyl (C=O) groups is 2. The largest absolute Gasteiger partial charge is 0.545 e. The van der Waals surface area contributed by atoms with E-state index in [0.717, 1.165) is 21.5 Å². The first kappa shape index (κ1) is 32.4. The number of hydrogen-bond acceptors (Lipinski definition) is 4. The molecule has 5 heteroatoms. The molecule has 0 aliphatic rings. The SMILES string of the molecule is CCCCC[CH2][Sn+2][CH2]CCCCC.O=C([O-])c1cccc2ccccc12.O=C([O-])c1cccc2ccccc12. The number of aromatic carboxylic acids is 2. The second-order valence-electron chi connectivity index (χ2n) is 9.50. The molecule has 204 valence electrons. The number of hydrogen-bond donors (Lipinski definition) is 0. The van der Waals surface area contributed by atoms with Gasteiger partial charge in [-0.1, -0.05) is 84.9 Å². The molecule has 0 saturated heterocycles. The van der Waals surface area contributed by atoms with E-state index in [9.17, 15) is 19.8 Å². The van der Waals surface area contributed by atoms with Gasteiger partial charge in [0.05, 0.1) is 11.9 Å². The first-order valence-electron chi connectivity index (χ1n) is 14.1. The van der Waals surface area contributed by atoms with E-state index in [4.69, 9.17) is 0 Å². The van der Waals surface area contributed by atoms with Gasteiger partial charge in [0.25, 0.3) is 0 Å². The molecule has 4 aromatic rings. The Morgan fingerprint density at radius 2 is 0.923 bits per heavy atom. The molecular formula is C34H40O4Sn. The summed E-state index contributed by atoms with van der Waals surface area (Å²) in [5, 5.41) is 24.7. The van der Waals surface area contributed by atoms with Crippen LogP contribution in [0.3, 0.4) is 0 Å². The Labute approximate surface area is 243 Å². The van der Waals surface area contributed by atoms with E-state index < -0.39 is 11.9 Å². The van der Waals surface area contributed by atoms with Gasteiger partial charge in [0, 0.05) is 11.1 Å². The monoisotopic (exact) mass is 632 g/mol. The Morgan fingerprint density at radius 3 is 1.31 bits per heavy atom. The van der Waals surface area contributed by atoms with Gasteiger partial charge in [-0.25, -0.2) is 0 Å². The molecule has 0 bridgehead atoms. The van der Waals surface area contributed by atoms with Crippen molar-refractivity contribution in [2.75, 3.05) is 0 Å². The van der Waals surface area contributed by atoms with Crippen LogP contribution in [0.4, 0.5) is 0 Å². The average Bonchev–Trinajstić information content (AvgIpc) is 2.96.